The number of hydrogen-bond donors (Lipinski definition) is 0. The third-order valence-electron chi connectivity index (χ3n) is 6.43. The van der Waals surface area contributed by atoms with Crippen LogP contribution in [0.4, 0.5) is 13.2 Å². The zero-order valence-electron chi connectivity index (χ0n) is 22.7. The van der Waals surface area contributed by atoms with Gasteiger partial charge in [0.25, 0.3) is 0 Å². The average Bonchev–Trinajstić information content (AvgIpc) is 2.96. The number of hydrogen-bond acceptors (Lipinski definition) is 6. The lowest BCUT2D eigenvalue weighted by Crippen LogP contribution is -2.27. The number of benzene rings is 3. The first-order valence-electron chi connectivity index (χ1n) is 13.0. The molecule has 0 N–H and O–H groups in total. The first-order chi connectivity index (χ1) is 19.2. The van der Waals surface area contributed by atoms with Crippen LogP contribution in [0.2, 0.25) is 0 Å². The Kier molecular flexibility index (Phi) is 11.6. The van der Waals surface area contributed by atoms with Gasteiger partial charge < -0.3 is 14.2 Å². The van der Waals surface area contributed by atoms with Crippen molar-refractivity contribution in [2.45, 2.75) is 45.0 Å². The van der Waals surface area contributed by atoms with Crippen molar-refractivity contribution in [2.75, 3.05) is 27.3 Å². The summed E-state index contributed by atoms with van der Waals surface area (Å²) in [4.78, 5) is 25.5. The van der Waals surface area contributed by atoms with Gasteiger partial charge in [0, 0.05) is 19.5 Å². The highest BCUT2D eigenvalue weighted by molar-refractivity contribution is 5.89. The monoisotopic (exact) mass is 557 g/mol. The van der Waals surface area contributed by atoms with Gasteiger partial charge in [-0.05, 0) is 72.8 Å². The van der Waals surface area contributed by atoms with E-state index in [1.54, 1.807) is 18.2 Å². The van der Waals surface area contributed by atoms with Gasteiger partial charge >= 0.3 is 18.1 Å². The van der Waals surface area contributed by atoms with Crippen molar-refractivity contribution in [3.8, 4) is 5.75 Å². The predicted octanol–water partition coefficient (Wildman–Crippen LogP) is 6.46. The maximum Gasteiger partial charge on any atom is 0.416 e. The molecule has 0 amide bonds. The zero-order valence-corrected chi connectivity index (χ0v) is 22.7. The average molecular weight is 558 g/mol. The van der Waals surface area contributed by atoms with Crippen LogP contribution in [0.1, 0.15) is 51.9 Å². The van der Waals surface area contributed by atoms with E-state index in [0.717, 1.165) is 36.2 Å². The van der Waals surface area contributed by atoms with E-state index in [2.05, 4.69) is 4.90 Å². The highest BCUT2D eigenvalue weighted by atomic mass is 19.4. The van der Waals surface area contributed by atoms with Crippen LogP contribution >= 0.6 is 0 Å². The Hall–Kier alpha value is -3.85. The fraction of sp³-hybridized carbons (Fsp3) is 0.355. The standard InChI is InChI=1S/C31H34F3NO5/c1-38-29(36)12-5-6-18-35(21-23-13-15-26(16-14-23)30(37)39-2)19-17-25-9-3-4-11-28(25)40-22-24-8-7-10-27(20-24)31(32,33)34/h3-4,7-11,13-16,20H,5-6,12,17-19,21-22H2,1-2H3. The molecular formula is C31H34F3NO5. The summed E-state index contributed by atoms with van der Waals surface area (Å²) in [6.07, 6.45) is -1.92. The van der Waals surface area contributed by atoms with Crippen LogP contribution in [0.3, 0.4) is 0 Å². The second-order valence-corrected chi connectivity index (χ2v) is 9.34. The summed E-state index contributed by atoms with van der Waals surface area (Å²) in [6.45, 7) is 2.07. The Balaban J connectivity index is 1.66. The van der Waals surface area contributed by atoms with Crippen molar-refractivity contribution in [3.05, 3.63) is 101 Å². The van der Waals surface area contributed by atoms with Crippen LogP contribution in [0, 0.1) is 0 Å². The number of rotatable bonds is 14. The molecule has 3 aromatic carbocycles. The van der Waals surface area contributed by atoms with E-state index in [1.807, 2.05) is 36.4 Å². The molecule has 0 atom stereocenters. The summed E-state index contributed by atoms with van der Waals surface area (Å²) in [5.41, 5.74) is 2.17. The lowest BCUT2D eigenvalue weighted by Gasteiger charge is -2.23. The van der Waals surface area contributed by atoms with E-state index in [-0.39, 0.29) is 12.6 Å². The van der Waals surface area contributed by atoms with Gasteiger partial charge in [-0.15, -0.1) is 0 Å². The quantitative estimate of drug-likeness (QED) is 0.168. The topological polar surface area (TPSA) is 65.1 Å². The molecule has 0 bridgehead atoms. The number of unbranched alkanes of at least 4 members (excludes halogenated alkanes) is 1. The van der Waals surface area contributed by atoms with Gasteiger partial charge in [-0.1, -0.05) is 42.5 Å². The van der Waals surface area contributed by atoms with Gasteiger partial charge in [0.05, 0.1) is 25.3 Å². The molecule has 0 aliphatic rings. The minimum atomic E-state index is -4.41. The van der Waals surface area contributed by atoms with Gasteiger partial charge in [-0.25, -0.2) is 4.79 Å². The molecule has 6 nitrogen and oxygen atoms in total. The molecule has 0 saturated carbocycles. The molecule has 0 aliphatic heterocycles. The Morgan fingerprint density at radius 1 is 0.825 bits per heavy atom. The number of methoxy groups -OCH3 is 2. The first-order valence-corrected chi connectivity index (χ1v) is 13.0. The van der Waals surface area contributed by atoms with Gasteiger partial charge in [-0.2, -0.15) is 13.2 Å². The number of ether oxygens (including phenoxy) is 3. The summed E-state index contributed by atoms with van der Waals surface area (Å²) in [7, 11) is 2.71. The third kappa shape index (κ3) is 9.72. The number of para-hydroxylation sites is 1. The summed E-state index contributed by atoms with van der Waals surface area (Å²) < 4.78 is 54.7. The summed E-state index contributed by atoms with van der Waals surface area (Å²) in [5, 5.41) is 0. The molecule has 0 radical (unpaired) electrons. The molecule has 40 heavy (non-hydrogen) atoms. The fourth-order valence-corrected chi connectivity index (χ4v) is 4.23. The molecule has 0 aliphatic carbocycles. The summed E-state index contributed by atoms with van der Waals surface area (Å²) in [5.74, 6) is -0.0160. The predicted molar refractivity (Wildman–Crippen MR) is 145 cm³/mol. The highest BCUT2D eigenvalue weighted by Crippen LogP contribution is 2.30. The molecule has 0 unspecified atom stereocenters. The van der Waals surface area contributed by atoms with Crippen molar-refractivity contribution < 1.29 is 37.0 Å². The minimum Gasteiger partial charge on any atom is -0.489 e. The third-order valence-corrected chi connectivity index (χ3v) is 6.43. The summed E-state index contributed by atoms with van der Waals surface area (Å²) >= 11 is 0. The van der Waals surface area contributed by atoms with Crippen LogP contribution in [0.25, 0.3) is 0 Å². The number of halogens is 3. The van der Waals surface area contributed by atoms with Crippen LogP contribution < -0.4 is 4.74 Å². The van der Waals surface area contributed by atoms with Crippen molar-refractivity contribution >= 4 is 11.9 Å². The van der Waals surface area contributed by atoms with Crippen LogP contribution in [0.5, 0.6) is 5.75 Å². The smallest absolute Gasteiger partial charge is 0.416 e. The van der Waals surface area contributed by atoms with Gasteiger partial charge in [0.2, 0.25) is 0 Å². The molecule has 0 fully saturated rings. The Morgan fingerprint density at radius 3 is 2.27 bits per heavy atom. The molecule has 0 spiro atoms. The largest absolute Gasteiger partial charge is 0.489 e. The Labute approximate surface area is 232 Å². The molecule has 0 heterocycles. The van der Waals surface area contributed by atoms with Crippen molar-refractivity contribution in [2.24, 2.45) is 0 Å². The van der Waals surface area contributed by atoms with E-state index in [0.29, 0.717) is 49.2 Å². The highest BCUT2D eigenvalue weighted by Gasteiger charge is 2.30. The van der Waals surface area contributed by atoms with Crippen LogP contribution in [-0.4, -0.2) is 44.1 Å². The number of nitrogens with zero attached hydrogens (tertiary/aromatic N) is 1. The summed E-state index contributed by atoms with van der Waals surface area (Å²) in [6, 6.07) is 19.9. The maximum atomic E-state index is 13.1. The zero-order chi connectivity index (χ0) is 29.0. The van der Waals surface area contributed by atoms with Gasteiger partial charge in [-0.3, -0.25) is 9.69 Å². The van der Waals surface area contributed by atoms with E-state index in [1.165, 1.54) is 20.3 Å². The lowest BCUT2D eigenvalue weighted by molar-refractivity contribution is -0.140. The number of esters is 2. The lowest BCUT2D eigenvalue weighted by atomic mass is 10.1. The normalized spacial score (nSPS) is 11.3. The maximum absolute atomic E-state index is 13.1. The second kappa shape index (κ2) is 15.1. The molecule has 9 heteroatoms. The van der Waals surface area contributed by atoms with Crippen molar-refractivity contribution in [3.63, 3.8) is 0 Å². The number of carbonyl (C=O) groups excluding carboxylic acids is 2. The molecular weight excluding hydrogens is 523 g/mol. The number of carbonyl (C=O) groups is 2. The Morgan fingerprint density at radius 2 is 1.57 bits per heavy atom. The number of alkyl halides is 3. The fourth-order valence-electron chi connectivity index (χ4n) is 4.23. The van der Waals surface area contributed by atoms with Crippen molar-refractivity contribution in [1.29, 1.82) is 0 Å². The van der Waals surface area contributed by atoms with E-state index >= 15 is 0 Å². The second-order valence-electron chi connectivity index (χ2n) is 9.34. The van der Waals surface area contributed by atoms with Gasteiger partial charge in [0.1, 0.15) is 12.4 Å². The van der Waals surface area contributed by atoms with E-state index in [4.69, 9.17) is 14.2 Å². The minimum absolute atomic E-state index is 0.0186. The first kappa shape index (κ1) is 30.7. The van der Waals surface area contributed by atoms with E-state index in [9.17, 15) is 22.8 Å². The van der Waals surface area contributed by atoms with Crippen LogP contribution in [0.15, 0.2) is 72.8 Å². The molecule has 214 valence electrons. The van der Waals surface area contributed by atoms with Crippen molar-refractivity contribution in [1.82, 2.24) is 4.90 Å². The van der Waals surface area contributed by atoms with E-state index < -0.39 is 17.7 Å². The SMILES string of the molecule is COC(=O)CCCCN(CCc1ccccc1OCc1cccc(C(F)(F)F)c1)Cc1ccc(C(=O)OC)cc1. The Bertz CT molecular complexity index is 1240. The molecule has 0 saturated heterocycles. The van der Waals surface area contributed by atoms with Gasteiger partial charge in [0.15, 0.2) is 0 Å². The molecule has 3 rings (SSSR count). The van der Waals surface area contributed by atoms with Crippen LogP contribution in [-0.2, 0) is 40.0 Å². The molecule has 0 aromatic heterocycles. The molecule has 3 aromatic rings.